The predicted octanol–water partition coefficient (Wildman–Crippen LogP) is 2.18. The molecule has 2 N–H and O–H groups in total. The summed E-state index contributed by atoms with van der Waals surface area (Å²) in [7, 11) is -3.49. The van der Waals surface area contributed by atoms with Crippen molar-refractivity contribution < 1.29 is 17.7 Å². The van der Waals surface area contributed by atoms with Gasteiger partial charge in [-0.2, -0.15) is 8.42 Å². The van der Waals surface area contributed by atoms with E-state index in [2.05, 4.69) is 20.3 Å². The molecule has 0 saturated heterocycles. The SMILES string of the molecule is CS(=O)(=O)OCCn1cc(-c2ccnc(N[C@H]3CC[C@H](O)CC3)n2)c2cccnc21. The van der Waals surface area contributed by atoms with Gasteiger partial charge in [-0.05, 0) is 43.9 Å². The van der Waals surface area contributed by atoms with Crippen molar-refractivity contribution in [2.75, 3.05) is 18.2 Å². The van der Waals surface area contributed by atoms with Crippen LogP contribution >= 0.6 is 0 Å². The van der Waals surface area contributed by atoms with E-state index < -0.39 is 10.1 Å². The Hall–Kier alpha value is -2.56. The Morgan fingerprint density at radius 2 is 2.00 bits per heavy atom. The highest BCUT2D eigenvalue weighted by molar-refractivity contribution is 7.85. The second kappa shape index (κ2) is 8.66. The zero-order valence-corrected chi connectivity index (χ0v) is 17.5. The lowest BCUT2D eigenvalue weighted by molar-refractivity contribution is 0.126. The van der Waals surface area contributed by atoms with Gasteiger partial charge in [0.05, 0.1) is 24.7 Å². The summed E-state index contributed by atoms with van der Waals surface area (Å²) in [5.74, 6) is 0.555. The number of rotatable bonds is 7. The molecule has 0 bridgehead atoms. The third-order valence-electron chi connectivity index (χ3n) is 5.22. The fraction of sp³-hybridized carbons (Fsp3) is 0.450. The summed E-state index contributed by atoms with van der Waals surface area (Å²) in [5.41, 5.74) is 2.38. The summed E-state index contributed by atoms with van der Waals surface area (Å²) in [5, 5.41) is 14.0. The van der Waals surface area contributed by atoms with Gasteiger partial charge in [-0.3, -0.25) is 4.18 Å². The van der Waals surface area contributed by atoms with Gasteiger partial charge in [0.1, 0.15) is 5.65 Å². The molecule has 3 aromatic rings. The number of hydrogen-bond acceptors (Lipinski definition) is 8. The zero-order chi connectivity index (χ0) is 21.1. The zero-order valence-electron chi connectivity index (χ0n) is 16.7. The standard InChI is InChI=1S/C20H25N5O4S/c1-30(27,28)29-12-11-25-13-17(16-3-2-9-21-19(16)25)18-8-10-22-20(24-18)23-14-4-6-15(26)7-5-14/h2-3,8-10,13-15,26H,4-7,11-12H2,1H3,(H,22,23,24)/t14-,15-. The van der Waals surface area contributed by atoms with Crippen LogP contribution in [-0.4, -0.2) is 58.1 Å². The van der Waals surface area contributed by atoms with E-state index in [1.165, 1.54) is 0 Å². The number of aromatic nitrogens is 4. The molecule has 0 aromatic carbocycles. The molecule has 0 unspecified atom stereocenters. The molecule has 1 saturated carbocycles. The number of nitrogens with one attached hydrogen (secondary N) is 1. The van der Waals surface area contributed by atoms with Gasteiger partial charge in [0.25, 0.3) is 10.1 Å². The normalized spacial score (nSPS) is 19.8. The Morgan fingerprint density at radius 3 is 2.77 bits per heavy atom. The molecule has 160 valence electrons. The van der Waals surface area contributed by atoms with E-state index in [4.69, 9.17) is 4.18 Å². The Bertz CT molecular complexity index is 1120. The number of aliphatic hydroxyl groups is 1. The Balaban J connectivity index is 1.58. The molecular weight excluding hydrogens is 406 g/mol. The van der Waals surface area contributed by atoms with E-state index in [1.54, 1.807) is 12.4 Å². The van der Waals surface area contributed by atoms with Crippen LogP contribution in [0.15, 0.2) is 36.8 Å². The minimum atomic E-state index is -3.49. The molecule has 0 amide bonds. The van der Waals surface area contributed by atoms with Crippen LogP contribution < -0.4 is 5.32 Å². The van der Waals surface area contributed by atoms with Crippen molar-refractivity contribution in [3.05, 3.63) is 36.8 Å². The van der Waals surface area contributed by atoms with Crippen molar-refractivity contribution in [1.82, 2.24) is 19.5 Å². The fourth-order valence-electron chi connectivity index (χ4n) is 3.77. The van der Waals surface area contributed by atoms with Crippen molar-refractivity contribution >= 4 is 27.1 Å². The smallest absolute Gasteiger partial charge is 0.264 e. The average molecular weight is 432 g/mol. The predicted molar refractivity (Wildman–Crippen MR) is 113 cm³/mol. The first-order valence-corrected chi connectivity index (χ1v) is 11.8. The van der Waals surface area contributed by atoms with E-state index in [0.29, 0.717) is 12.5 Å². The topological polar surface area (TPSA) is 119 Å². The number of aliphatic hydroxyl groups excluding tert-OH is 1. The minimum absolute atomic E-state index is 0.0305. The van der Waals surface area contributed by atoms with Gasteiger partial charge in [0.2, 0.25) is 5.95 Å². The molecule has 0 atom stereocenters. The third-order valence-corrected chi connectivity index (χ3v) is 5.82. The van der Waals surface area contributed by atoms with Crippen LogP contribution in [0.2, 0.25) is 0 Å². The third kappa shape index (κ3) is 4.94. The highest BCUT2D eigenvalue weighted by atomic mass is 32.2. The van der Waals surface area contributed by atoms with Crippen molar-refractivity contribution in [1.29, 1.82) is 0 Å². The van der Waals surface area contributed by atoms with Crippen LogP contribution in [-0.2, 0) is 20.8 Å². The molecule has 3 heterocycles. The van der Waals surface area contributed by atoms with E-state index in [-0.39, 0.29) is 18.8 Å². The van der Waals surface area contributed by atoms with Gasteiger partial charge in [-0.25, -0.2) is 15.0 Å². The second-order valence-electron chi connectivity index (χ2n) is 7.55. The maximum absolute atomic E-state index is 11.2. The average Bonchev–Trinajstić information content (AvgIpc) is 3.08. The monoisotopic (exact) mass is 431 g/mol. The van der Waals surface area contributed by atoms with Gasteiger partial charge < -0.3 is 15.0 Å². The van der Waals surface area contributed by atoms with Gasteiger partial charge in [0, 0.05) is 42.1 Å². The molecule has 1 aliphatic carbocycles. The van der Waals surface area contributed by atoms with Gasteiger partial charge in [-0.1, -0.05) is 0 Å². The molecule has 0 spiro atoms. The summed E-state index contributed by atoms with van der Waals surface area (Å²) in [6.07, 6.45) is 9.49. The van der Waals surface area contributed by atoms with Crippen molar-refractivity contribution in [2.45, 2.75) is 44.4 Å². The van der Waals surface area contributed by atoms with Crippen LogP contribution in [0.4, 0.5) is 5.95 Å². The molecule has 1 fully saturated rings. The lowest BCUT2D eigenvalue weighted by Gasteiger charge is -2.26. The molecule has 3 aromatic heterocycles. The summed E-state index contributed by atoms with van der Waals surface area (Å²) in [6, 6.07) is 5.91. The molecule has 1 aliphatic rings. The molecule has 0 radical (unpaired) electrons. The second-order valence-corrected chi connectivity index (χ2v) is 9.20. The van der Waals surface area contributed by atoms with E-state index >= 15 is 0 Å². The van der Waals surface area contributed by atoms with Crippen LogP contribution in [0.3, 0.4) is 0 Å². The van der Waals surface area contributed by atoms with E-state index in [1.807, 2.05) is 29.0 Å². The Labute approximate surface area is 175 Å². The lowest BCUT2D eigenvalue weighted by Crippen LogP contribution is -2.28. The Morgan fingerprint density at radius 1 is 1.20 bits per heavy atom. The summed E-state index contributed by atoms with van der Waals surface area (Å²) >= 11 is 0. The lowest BCUT2D eigenvalue weighted by atomic mass is 9.93. The summed E-state index contributed by atoms with van der Waals surface area (Å²) < 4.78 is 29.2. The minimum Gasteiger partial charge on any atom is -0.393 e. The van der Waals surface area contributed by atoms with Gasteiger partial charge in [-0.15, -0.1) is 0 Å². The first-order chi connectivity index (χ1) is 14.4. The number of anilines is 1. The van der Waals surface area contributed by atoms with E-state index in [9.17, 15) is 13.5 Å². The first kappa shape index (κ1) is 20.7. The van der Waals surface area contributed by atoms with Crippen molar-refractivity contribution in [2.24, 2.45) is 0 Å². The quantitative estimate of drug-likeness (QED) is 0.547. The fourth-order valence-corrected chi connectivity index (χ4v) is 4.14. The molecule has 4 rings (SSSR count). The van der Waals surface area contributed by atoms with Gasteiger partial charge in [0.15, 0.2) is 0 Å². The van der Waals surface area contributed by atoms with Crippen molar-refractivity contribution in [3.63, 3.8) is 0 Å². The van der Waals surface area contributed by atoms with Gasteiger partial charge >= 0.3 is 0 Å². The van der Waals surface area contributed by atoms with Crippen LogP contribution in [0.5, 0.6) is 0 Å². The number of pyridine rings is 1. The molecule has 0 aliphatic heterocycles. The molecule has 10 heteroatoms. The molecule has 9 nitrogen and oxygen atoms in total. The number of nitrogens with zero attached hydrogens (tertiary/aromatic N) is 4. The molecular formula is C20H25N5O4S. The number of hydrogen-bond donors (Lipinski definition) is 2. The number of fused-ring (bicyclic) bond motifs is 1. The first-order valence-electron chi connectivity index (χ1n) is 9.95. The van der Waals surface area contributed by atoms with E-state index in [0.717, 1.165) is 54.2 Å². The largest absolute Gasteiger partial charge is 0.393 e. The maximum atomic E-state index is 11.2. The van der Waals surface area contributed by atoms with Crippen LogP contribution in [0.25, 0.3) is 22.3 Å². The van der Waals surface area contributed by atoms with Crippen LogP contribution in [0.1, 0.15) is 25.7 Å². The summed E-state index contributed by atoms with van der Waals surface area (Å²) in [6.45, 7) is 0.379. The molecule has 30 heavy (non-hydrogen) atoms. The van der Waals surface area contributed by atoms with Crippen molar-refractivity contribution in [3.8, 4) is 11.3 Å². The highest BCUT2D eigenvalue weighted by Crippen LogP contribution is 2.29. The Kier molecular flexibility index (Phi) is 5.98. The van der Waals surface area contributed by atoms with Crippen LogP contribution in [0, 0.1) is 0 Å². The summed E-state index contributed by atoms with van der Waals surface area (Å²) in [4.78, 5) is 13.5. The maximum Gasteiger partial charge on any atom is 0.264 e. The highest BCUT2D eigenvalue weighted by Gasteiger charge is 2.20.